The van der Waals surface area contributed by atoms with E-state index in [9.17, 15) is 4.79 Å². The fourth-order valence-electron chi connectivity index (χ4n) is 3.16. The van der Waals surface area contributed by atoms with Crippen LogP contribution in [0.1, 0.15) is 16.7 Å². The summed E-state index contributed by atoms with van der Waals surface area (Å²) in [7, 11) is 0. The Bertz CT molecular complexity index is 874. The zero-order valence-corrected chi connectivity index (χ0v) is 19.5. The Morgan fingerprint density at radius 2 is 1.06 bits per heavy atom. The van der Waals surface area contributed by atoms with E-state index in [4.69, 9.17) is 14.2 Å². The molecule has 0 unspecified atom stereocenters. The average molecular weight is 530 g/mol. The van der Waals surface area contributed by atoms with Crippen LogP contribution in [-0.2, 0) is 38.8 Å². The Morgan fingerprint density at radius 3 is 1.48 bits per heavy atom. The number of carbonyl (C=O) groups is 1. The van der Waals surface area contributed by atoms with Crippen LogP contribution < -0.4 is 0 Å². The molecule has 3 aromatic carbocycles. The molecule has 0 fully saturated rings. The summed E-state index contributed by atoms with van der Waals surface area (Å²) in [4.78, 5) is 12.0. The summed E-state index contributed by atoms with van der Waals surface area (Å²) in [6, 6.07) is 29.7. The highest BCUT2D eigenvalue weighted by atomic mass is 127. The van der Waals surface area contributed by atoms with Crippen molar-refractivity contribution >= 4 is 28.9 Å². The third kappa shape index (κ3) is 7.85. The summed E-state index contributed by atoms with van der Waals surface area (Å²) in [6.45, 7) is 1.17. The van der Waals surface area contributed by atoms with E-state index >= 15 is 0 Å². The number of ether oxygens (including phenoxy) is 3. The van der Waals surface area contributed by atoms with Gasteiger partial charge in [0.05, 0.1) is 25.9 Å². The second-order valence-corrected chi connectivity index (χ2v) is 8.03. The first kappa shape index (κ1) is 23.6. The molecule has 0 heterocycles. The zero-order chi connectivity index (χ0) is 21.7. The summed E-state index contributed by atoms with van der Waals surface area (Å²) in [6.07, 6.45) is -0.735. The summed E-state index contributed by atoms with van der Waals surface area (Å²) >= 11 is 2.27. The van der Waals surface area contributed by atoms with E-state index in [1.807, 2.05) is 91.0 Å². The van der Waals surface area contributed by atoms with Gasteiger partial charge in [0.15, 0.2) is 6.29 Å². The number of rotatable bonds is 13. The quantitative estimate of drug-likeness (QED) is 0.169. The molecule has 162 valence electrons. The first-order valence-corrected chi connectivity index (χ1v) is 11.8. The molecule has 3 aromatic rings. The molecule has 4 nitrogen and oxygen atoms in total. The first-order valence-electron chi connectivity index (χ1n) is 10.3. The molecule has 3 atom stereocenters. The topological polar surface area (TPSA) is 44.8 Å². The van der Waals surface area contributed by atoms with Gasteiger partial charge in [-0.05, 0) is 16.7 Å². The monoisotopic (exact) mass is 530 g/mol. The van der Waals surface area contributed by atoms with Crippen LogP contribution in [0, 0.1) is 0 Å². The predicted octanol–water partition coefficient (Wildman–Crippen LogP) is 5.38. The van der Waals surface area contributed by atoms with E-state index in [1.165, 1.54) is 0 Å². The predicted molar refractivity (Wildman–Crippen MR) is 130 cm³/mol. The Balaban J connectivity index is 1.71. The fourth-order valence-corrected chi connectivity index (χ4v) is 3.92. The van der Waals surface area contributed by atoms with E-state index in [1.54, 1.807) is 0 Å². The molecule has 0 spiro atoms. The molecule has 0 aliphatic carbocycles. The number of carbonyl (C=O) groups excluding carboxylic acids is 1. The van der Waals surface area contributed by atoms with Crippen molar-refractivity contribution in [1.82, 2.24) is 0 Å². The Kier molecular flexibility index (Phi) is 10.2. The van der Waals surface area contributed by atoms with Crippen molar-refractivity contribution < 1.29 is 19.0 Å². The Morgan fingerprint density at radius 1 is 0.645 bits per heavy atom. The third-order valence-corrected chi connectivity index (χ3v) is 5.72. The van der Waals surface area contributed by atoms with Gasteiger partial charge in [-0.25, -0.2) is 0 Å². The van der Waals surface area contributed by atoms with Crippen molar-refractivity contribution in [3.8, 4) is 0 Å². The normalized spacial score (nSPS) is 14.0. The van der Waals surface area contributed by atoms with Crippen LogP contribution >= 0.6 is 22.6 Å². The highest BCUT2D eigenvalue weighted by molar-refractivity contribution is 14.1. The van der Waals surface area contributed by atoms with Gasteiger partial charge in [-0.3, -0.25) is 0 Å². The van der Waals surface area contributed by atoms with Crippen LogP contribution in [0.4, 0.5) is 0 Å². The number of aldehydes is 1. The highest BCUT2D eigenvalue weighted by Gasteiger charge is 2.32. The average Bonchev–Trinajstić information content (AvgIpc) is 2.84. The van der Waals surface area contributed by atoms with Gasteiger partial charge in [0, 0.05) is 4.43 Å². The van der Waals surface area contributed by atoms with Crippen LogP contribution in [0.3, 0.4) is 0 Å². The lowest BCUT2D eigenvalue weighted by atomic mass is 10.1. The standard InChI is InChI=1S/C26H27IO4/c27-16-24(29-18-21-10-4-1-5-11-21)26(31-20-23-14-8-3-9-15-23)25(17-28)30-19-22-12-6-2-7-13-22/h1-15,17,24-26H,16,18-20H2/t24-,25-,26-/m0/s1. The molecule has 0 saturated carbocycles. The lowest BCUT2D eigenvalue weighted by Crippen LogP contribution is -2.44. The van der Waals surface area contributed by atoms with Gasteiger partial charge in [-0.1, -0.05) is 114 Å². The molecule has 0 aliphatic rings. The maximum absolute atomic E-state index is 12.0. The maximum Gasteiger partial charge on any atom is 0.151 e. The van der Waals surface area contributed by atoms with Crippen molar-refractivity contribution in [2.45, 2.75) is 38.1 Å². The number of hydrogen-bond donors (Lipinski definition) is 0. The van der Waals surface area contributed by atoms with E-state index in [0.717, 1.165) is 23.0 Å². The lowest BCUT2D eigenvalue weighted by Gasteiger charge is -2.30. The maximum atomic E-state index is 12.0. The smallest absolute Gasteiger partial charge is 0.151 e. The third-order valence-electron chi connectivity index (χ3n) is 4.85. The van der Waals surface area contributed by atoms with Crippen molar-refractivity contribution in [3.05, 3.63) is 108 Å². The van der Waals surface area contributed by atoms with Gasteiger partial charge in [0.25, 0.3) is 0 Å². The number of alkyl halides is 1. The molecule has 5 heteroatoms. The molecule has 0 saturated heterocycles. The number of halogens is 1. The van der Waals surface area contributed by atoms with Crippen molar-refractivity contribution in [2.24, 2.45) is 0 Å². The zero-order valence-electron chi connectivity index (χ0n) is 17.3. The van der Waals surface area contributed by atoms with Crippen LogP contribution in [0.2, 0.25) is 0 Å². The van der Waals surface area contributed by atoms with Crippen LogP contribution in [0.25, 0.3) is 0 Å². The van der Waals surface area contributed by atoms with Gasteiger partial charge >= 0.3 is 0 Å². The SMILES string of the molecule is O=C[C@H](OCc1ccccc1)[C@@H](OCc1ccccc1)[C@H](CI)OCc1ccccc1. The van der Waals surface area contributed by atoms with Gasteiger partial charge in [0.2, 0.25) is 0 Å². The summed E-state index contributed by atoms with van der Waals surface area (Å²) < 4.78 is 19.1. The molecule has 0 bridgehead atoms. The van der Waals surface area contributed by atoms with Gasteiger partial charge in [0.1, 0.15) is 12.2 Å². The minimum Gasteiger partial charge on any atom is -0.370 e. The van der Waals surface area contributed by atoms with Crippen molar-refractivity contribution in [1.29, 1.82) is 0 Å². The minimum atomic E-state index is -0.737. The van der Waals surface area contributed by atoms with Gasteiger partial charge in [-0.15, -0.1) is 0 Å². The van der Waals surface area contributed by atoms with Crippen LogP contribution in [0.15, 0.2) is 91.0 Å². The second kappa shape index (κ2) is 13.4. The van der Waals surface area contributed by atoms with Gasteiger partial charge in [-0.2, -0.15) is 0 Å². The summed E-state index contributed by atoms with van der Waals surface area (Å²) in [5, 5.41) is 0. The summed E-state index contributed by atoms with van der Waals surface area (Å²) in [5.74, 6) is 0. The van der Waals surface area contributed by atoms with Gasteiger partial charge < -0.3 is 19.0 Å². The molecule has 3 rings (SSSR count). The van der Waals surface area contributed by atoms with E-state index < -0.39 is 12.2 Å². The highest BCUT2D eigenvalue weighted by Crippen LogP contribution is 2.19. The lowest BCUT2D eigenvalue weighted by molar-refractivity contribution is -0.154. The van der Waals surface area contributed by atoms with Crippen LogP contribution in [-0.4, -0.2) is 29.0 Å². The molecular formula is C26H27IO4. The fraction of sp³-hybridized carbons (Fsp3) is 0.269. The second-order valence-electron chi connectivity index (χ2n) is 7.15. The van der Waals surface area contributed by atoms with E-state index in [0.29, 0.717) is 24.2 Å². The minimum absolute atomic E-state index is 0.296. The number of hydrogen-bond acceptors (Lipinski definition) is 4. The molecule has 0 aliphatic heterocycles. The largest absolute Gasteiger partial charge is 0.370 e. The molecule has 0 aromatic heterocycles. The molecular weight excluding hydrogens is 503 g/mol. The molecule has 0 amide bonds. The summed E-state index contributed by atoms with van der Waals surface area (Å²) in [5.41, 5.74) is 3.12. The molecule has 0 radical (unpaired) electrons. The van der Waals surface area contributed by atoms with E-state index in [2.05, 4.69) is 22.6 Å². The van der Waals surface area contributed by atoms with Crippen molar-refractivity contribution in [3.63, 3.8) is 0 Å². The molecule has 31 heavy (non-hydrogen) atoms. The van der Waals surface area contributed by atoms with E-state index in [-0.39, 0.29) is 6.10 Å². The van der Waals surface area contributed by atoms with Crippen LogP contribution in [0.5, 0.6) is 0 Å². The number of benzene rings is 3. The molecule has 0 N–H and O–H groups in total. The Hall–Kier alpha value is -2.06. The Labute approximate surface area is 197 Å². The first-order chi connectivity index (χ1) is 15.3. The van der Waals surface area contributed by atoms with Crippen molar-refractivity contribution in [2.75, 3.05) is 4.43 Å².